The fourth-order valence-electron chi connectivity index (χ4n) is 5.22. The third-order valence-corrected chi connectivity index (χ3v) is 7.57. The van der Waals surface area contributed by atoms with Gasteiger partial charge in [0, 0.05) is 23.5 Å². The summed E-state index contributed by atoms with van der Waals surface area (Å²) in [6, 6.07) is 10.9. The number of aromatic amines is 1. The number of anilines is 1. The Hall–Kier alpha value is -2.84. The number of nitrogens with zero attached hydrogens (tertiary/aromatic N) is 2. The molecule has 1 aromatic heterocycles. The third kappa shape index (κ3) is 5.39. The molecule has 174 valence electrons. The molecule has 1 aromatic carbocycles. The number of rotatable bonds is 5. The monoisotopic (exact) mass is 444 g/mol. The maximum absolute atomic E-state index is 12.9. The standard InChI is InChI=1S/C28H36N4O/c1-28(2)13-11-21(12-14-28)24-16-22(20-5-8-23(9-6-20)32(3)4)7-10-25(24)31-27(33)26-15-19(17-29)18-30-26/h7,10-11,15-16,18,20,23,30H,5-6,8-9,12-14H2,1-4H3,(H,31,33). The summed E-state index contributed by atoms with van der Waals surface area (Å²) in [5, 5.41) is 12.2. The molecule has 1 saturated carbocycles. The van der Waals surface area contributed by atoms with E-state index in [9.17, 15) is 4.79 Å². The van der Waals surface area contributed by atoms with Gasteiger partial charge in [0.1, 0.15) is 11.8 Å². The van der Waals surface area contributed by atoms with E-state index in [4.69, 9.17) is 5.26 Å². The molecule has 0 bridgehead atoms. The van der Waals surface area contributed by atoms with Crippen molar-refractivity contribution in [1.29, 1.82) is 5.26 Å². The number of hydrogen-bond donors (Lipinski definition) is 2. The molecule has 0 spiro atoms. The minimum atomic E-state index is -0.214. The van der Waals surface area contributed by atoms with Crippen molar-refractivity contribution in [3.8, 4) is 6.07 Å². The van der Waals surface area contributed by atoms with Crippen LogP contribution in [-0.4, -0.2) is 35.9 Å². The first-order chi connectivity index (χ1) is 15.8. The van der Waals surface area contributed by atoms with Crippen LogP contribution in [0.25, 0.3) is 5.57 Å². The van der Waals surface area contributed by atoms with Gasteiger partial charge in [0.25, 0.3) is 5.91 Å². The molecule has 2 aliphatic rings. The Labute approximate surface area is 197 Å². The SMILES string of the molecule is CN(C)C1CCC(c2ccc(NC(=O)c3cc(C#N)c[nH]3)c(C3=CCC(C)(C)CC3)c2)CC1. The first-order valence-electron chi connectivity index (χ1n) is 12.2. The molecule has 0 atom stereocenters. The maximum atomic E-state index is 12.9. The predicted molar refractivity (Wildman–Crippen MR) is 134 cm³/mol. The molecule has 5 nitrogen and oxygen atoms in total. The first kappa shape index (κ1) is 23.3. The van der Waals surface area contributed by atoms with Gasteiger partial charge in [-0.1, -0.05) is 26.0 Å². The Kier molecular flexibility index (Phi) is 6.76. The Balaban J connectivity index is 1.61. The van der Waals surface area contributed by atoms with E-state index >= 15 is 0 Å². The fourth-order valence-corrected chi connectivity index (χ4v) is 5.22. The van der Waals surface area contributed by atoms with E-state index in [1.807, 2.05) is 0 Å². The Bertz CT molecular complexity index is 1080. The average Bonchev–Trinajstić information content (AvgIpc) is 3.29. The fraction of sp³-hybridized carbons (Fsp3) is 0.500. The van der Waals surface area contributed by atoms with Crippen molar-refractivity contribution in [1.82, 2.24) is 9.88 Å². The lowest BCUT2D eigenvalue weighted by Crippen LogP contribution is -2.31. The zero-order valence-corrected chi connectivity index (χ0v) is 20.4. The van der Waals surface area contributed by atoms with Crippen LogP contribution < -0.4 is 5.32 Å². The maximum Gasteiger partial charge on any atom is 0.272 e. The van der Waals surface area contributed by atoms with Gasteiger partial charge in [-0.3, -0.25) is 4.79 Å². The predicted octanol–water partition coefficient (Wildman–Crippen LogP) is 6.32. The van der Waals surface area contributed by atoms with Crippen molar-refractivity contribution in [3.05, 3.63) is 58.9 Å². The number of amides is 1. The van der Waals surface area contributed by atoms with E-state index in [2.05, 4.69) is 73.5 Å². The van der Waals surface area contributed by atoms with Crippen molar-refractivity contribution in [2.24, 2.45) is 5.41 Å². The number of aromatic nitrogens is 1. The zero-order chi connectivity index (χ0) is 23.6. The van der Waals surface area contributed by atoms with Gasteiger partial charge in [0.2, 0.25) is 0 Å². The molecule has 1 amide bonds. The highest BCUT2D eigenvalue weighted by molar-refractivity contribution is 6.04. The summed E-state index contributed by atoms with van der Waals surface area (Å²) in [7, 11) is 4.36. The second-order valence-electron chi connectivity index (χ2n) is 10.7. The smallest absolute Gasteiger partial charge is 0.272 e. The summed E-state index contributed by atoms with van der Waals surface area (Å²) in [5.41, 5.74) is 5.91. The van der Waals surface area contributed by atoms with Crippen molar-refractivity contribution < 1.29 is 4.79 Å². The molecule has 2 N–H and O–H groups in total. The highest BCUT2D eigenvalue weighted by Crippen LogP contribution is 2.42. The van der Waals surface area contributed by atoms with E-state index in [-0.39, 0.29) is 5.91 Å². The van der Waals surface area contributed by atoms with Crippen LogP contribution in [0.2, 0.25) is 0 Å². The quantitative estimate of drug-likeness (QED) is 0.567. The molecule has 0 radical (unpaired) electrons. The molecule has 33 heavy (non-hydrogen) atoms. The summed E-state index contributed by atoms with van der Waals surface area (Å²) in [5.74, 6) is 0.362. The number of H-pyrrole nitrogens is 1. The number of carbonyl (C=O) groups is 1. The molecule has 2 aromatic rings. The van der Waals surface area contributed by atoms with Gasteiger partial charge in [0.15, 0.2) is 0 Å². The number of carbonyl (C=O) groups excluding carboxylic acids is 1. The topological polar surface area (TPSA) is 71.9 Å². The average molecular weight is 445 g/mol. The number of nitrogens with one attached hydrogen (secondary N) is 2. The summed E-state index contributed by atoms with van der Waals surface area (Å²) in [6.07, 6.45) is 12.0. The Morgan fingerprint density at radius 1 is 1.18 bits per heavy atom. The molecule has 4 rings (SSSR count). The van der Waals surface area contributed by atoms with Crippen molar-refractivity contribution in [2.45, 2.75) is 70.8 Å². The molecule has 0 unspecified atom stereocenters. The van der Waals surface area contributed by atoms with Gasteiger partial charge >= 0.3 is 0 Å². The van der Waals surface area contributed by atoms with E-state index < -0.39 is 0 Å². The summed E-state index contributed by atoms with van der Waals surface area (Å²) < 4.78 is 0. The van der Waals surface area contributed by atoms with Crippen molar-refractivity contribution >= 4 is 17.2 Å². The second kappa shape index (κ2) is 9.57. The van der Waals surface area contributed by atoms with Gasteiger partial charge in [-0.2, -0.15) is 5.26 Å². The Morgan fingerprint density at radius 2 is 1.94 bits per heavy atom. The van der Waals surface area contributed by atoms with Crippen LogP contribution in [0.15, 0.2) is 36.5 Å². The summed E-state index contributed by atoms with van der Waals surface area (Å²) in [6.45, 7) is 4.64. The first-order valence-corrected chi connectivity index (χ1v) is 12.2. The van der Waals surface area contributed by atoms with Gasteiger partial charge in [-0.25, -0.2) is 0 Å². The molecule has 2 aliphatic carbocycles. The van der Waals surface area contributed by atoms with Gasteiger partial charge in [-0.05, 0) is 99.7 Å². The molecule has 5 heteroatoms. The van der Waals surface area contributed by atoms with E-state index in [0.717, 1.165) is 30.5 Å². The van der Waals surface area contributed by atoms with E-state index in [1.54, 1.807) is 12.3 Å². The molecule has 1 heterocycles. The van der Waals surface area contributed by atoms with E-state index in [0.29, 0.717) is 28.6 Å². The second-order valence-corrected chi connectivity index (χ2v) is 10.7. The summed E-state index contributed by atoms with van der Waals surface area (Å²) in [4.78, 5) is 18.2. The van der Waals surface area contributed by atoms with Crippen LogP contribution in [0.4, 0.5) is 5.69 Å². The van der Waals surface area contributed by atoms with Gasteiger partial charge < -0.3 is 15.2 Å². The molecule has 0 saturated heterocycles. The lowest BCUT2D eigenvalue weighted by molar-refractivity contribution is 0.102. The van der Waals surface area contributed by atoms with Crippen LogP contribution in [0.5, 0.6) is 0 Å². The lowest BCUT2D eigenvalue weighted by Gasteiger charge is -2.33. The molecular formula is C28H36N4O. The van der Waals surface area contributed by atoms with Crippen LogP contribution in [0, 0.1) is 16.7 Å². The normalized spacial score (nSPS) is 22.5. The highest BCUT2D eigenvalue weighted by Gasteiger charge is 2.27. The Morgan fingerprint density at radius 3 is 2.55 bits per heavy atom. The van der Waals surface area contributed by atoms with Crippen LogP contribution >= 0.6 is 0 Å². The summed E-state index contributed by atoms with van der Waals surface area (Å²) >= 11 is 0. The van der Waals surface area contributed by atoms with Crippen LogP contribution in [0.3, 0.4) is 0 Å². The number of nitriles is 1. The molecule has 1 fully saturated rings. The minimum absolute atomic E-state index is 0.214. The lowest BCUT2D eigenvalue weighted by atomic mass is 9.76. The number of hydrogen-bond acceptors (Lipinski definition) is 3. The van der Waals surface area contributed by atoms with E-state index in [1.165, 1.54) is 36.8 Å². The van der Waals surface area contributed by atoms with Crippen molar-refractivity contribution in [2.75, 3.05) is 19.4 Å². The minimum Gasteiger partial charge on any atom is -0.356 e. The van der Waals surface area contributed by atoms with Crippen LogP contribution in [0.1, 0.15) is 91.9 Å². The van der Waals surface area contributed by atoms with Gasteiger partial charge in [0.05, 0.1) is 5.56 Å². The number of benzene rings is 1. The third-order valence-electron chi connectivity index (χ3n) is 7.57. The highest BCUT2D eigenvalue weighted by atomic mass is 16.1. The van der Waals surface area contributed by atoms with Crippen molar-refractivity contribution in [3.63, 3.8) is 0 Å². The van der Waals surface area contributed by atoms with Crippen LogP contribution in [-0.2, 0) is 0 Å². The zero-order valence-electron chi connectivity index (χ0n) is 20.4. The number of allylic oxidation sites excluding steroid dienone is 2. The molecule has 0 aliphatic heterocycles. The van der Waals surface area contributed by atoms with Gasteiger partial charge in [-0.15, -0.1) is 0 Å². The largest absolute Gasteiger partial charge is 0.356 e. The molecular weight excluding hydrogens is 408 g/mol.